The number of ether oxygens (including phenoxy) is 1. The van der Waals surface area contributed by atoms with E-state index < -0.39 is 11.6 Å². The molecule has 4 rings (SSSR count). The zero-order chi connectivity index (χ0) is 27.9. The van der Waals surface area contributed by atoms with Crippen molar-refractivity contribution in [3.63, 3.8) is 0 Å². The highest BCUT2D eigenvalue weighted by atomic mass is 19.1. The van der Waals surface area contributed by atoms with E-state index in [-0.39, 0.29) is 13.9 Å². The maximum Gasteiger partial charge on any atom is 0.251 e. The van der Waals surface area contributed by atoms with Crippen LogP contribution in [0.15, 0.2) is 97.7 Å². The largest absolute Gasteiger partial charge is 0.457 e. The van der Waals surface area contributed by atoms with E-state index in [1.54, 1.807) is 43.5 Å². The van der Waals surface area contributed by atoms with E-state index in [2.05, 4.69) is 22.9 Å². The van der Waals surface area contributed by atoms with Gasteiger partial charge in [-0.05, 0) is 60.5 Å². The molecule has 4 aromatic rings. The number of rotatable bonds is 9. The second-order valence-corrected chi connectivity index (χ2v) is 9.13. The van der Waals surface area contributed by atoms with Gasteiger partial charge in [-0.1, -0.05) is 36.9 Å². The fourth-order valence-electron chi connectivity index (χ4n) is 4.17. The molecule has 1 N–H and O–H groups in total. The van der Waals surface area contributed by atoms with Crippen molar-refractivity contribution in [1.29, 1.82) is 0 Å². The van der Waals surface area contributed by atoms with Crippen LogP contribution in [-0.4, -0.2) is 29.9 Å². The van der Waals surface area contributed by atoms with Gasteiger partial charge in [0.15, 0.2) is 0 Å². The molecular formula is C32H31F2N3O2. The van der Waals surface area contributed by atoms with Gasteiger partial charge in [0, 0.05) is 62.8 Å². The minimum atomic E-state index is -0.694. The van der Waals surface area contributed by atoms with Crippen molar-refractivity contribution in [1.82, 2.24) is 15.2 Å². The lowest BCUT2D eigenvalue weighted by Gasteiger charge is -2.18. The number of benzene rings is 3. The monoisotopic (exact) mass is 527 g/mol. The Bertz CT molecular complexity index is 1530. The molecule has 1 amide bonds. The maximum atomic E-state index is 13.5. The summed E-state index contributed by atoms with van der Waals surface area (Å²) in [7, 11) is 3.96. The first kappa shape index (κ1) is 27.3. The number of carbonyl (C=O) groups is 1. The van der Waals surface area contributed by atoms with Crippen LogP contribution in [0.1, 0.15) is 28.5 Å². The summed E-state index contributed by atoms with van der Waals surface area (Å²) in [4.78, 5) is 19.4. The summed E-state index contributed by atoms with van der Waals surface area (Å²) in [6.07, 6.45) is 5.38. The molecule has 0 radical (unpaired) electrons. The van der Waals surface area contributed by atoms with Gasteiger partial charge < -0.3 is 15.0 Å². The van der Waals surface area contributed by atoms with Crippen LogP contribution in [0.2, 0.25) is 0 Å². The van der Waals surface area contributed by atoms with Crippen molar-refractivity contribution in [3.05, 3.63) is 132 Å². The molecule has 0 aliphatic carbocycles. The van der Waals surface area contributed by atoms with E-state index in [0.29, 0.717) is 28.2 Å². The third-order valence-electron chi connectivity index (χ3n) is 6.07. The highest BCUT2D eigenvalue weighted by molar-refractivity contribution is 5.96. The summed E-state index contributed by atoms with van der Waals surface area (Å²) in [5.41, 5.74) is 5.07. The first-order valence-electron chi connectivity index (χ1n) is 12.3. The number of aromatic nitrogens is 1. The Morgan fingerprint density at radius 2 is 1.79 bits per heavy atom. The Morgan fingerprint density at radius 1 is 1.05 bits per heavy atom. The molecule has 0 bridgehead atoms. The molecule has 0 aliphatic rings. The zero-order valence-corrected chi connectivity index (χ0v) is 22.0. The standard InChI is InChI=1S/C32H29F2N3O2.H2/c1-5-8-30(37(3)4)24-10-6-9-23(17-24)29-19-27(13-14-35-29)39-31-12-7-11-28(21(31)2)32(38)36-20-22-15-25(33)18-26(34)16-22;/h5-19H,1,20H2,2-4H3,(H,36,38);1H/b30-8-;. The minimum absolute atomic E-state index is 0. The van der Waals surface area contributed by atoms with Gasteiger partial charge in [0.25, 0.3) is 5.91 Å². The Labute approximate surface area is 228 Å². The van der Waals surface area contributed by atoms with Crippen LogP contribution >= 0.6 is 0 Å². The van der Waals surface area contributed by atoms with E-state index in [1.807, 2.05) is 49.3 Å². The molecule has 1 aromatic heterocycles. The molecule has 3 aromatic carbocycles. The number of nitrogens with one attached hydrogen (secondary N) is 1. The predicted octanol–water partition coefficient (Wildman–Crippen LogP) is 7.39. The number of carbonyl (C=O) groups excluding carboxylic acids is 1. The quantitative estimate of drug-likeness (QED) is 0.231. The fraction of sp³-hybridized carbons (Fsp3) is 0.125. The molecular weight excluding hydrogens is 496 g/mol. The first-order valence-corrected chi connectivity index (χ1v) is 12.3. The molecule has 1 heterocycles. The van der Waals surface area contributed by atoms with Crippen LogP contribution in [0.5, 0.6) is 11.5 Å². The van der Waals surface area contributed by atoms with E-state index in [1.165, 1.54) is 12.1 Å². The zero-order valence-electron chi connectivity index (χ0n) is 22.0. The van der Waals surface area contributed by atoms with Crippen molar-refractivity contribution < 1.29 is 19.7 Å². The number of allylic oxidation sites excluding steroid dienone is 2. The Hall–Kier alpha value is -4.78. The average Bonchev–Trinajstić information content (AvgIpc) is 2.91. The molecule has 7 heteroatoms. The minimum Gasteiger partial charge on any atom is -0.457 e. The smallest absolute Gasteiger partial charge is 0.251 e. The molecule has 0 saturated heterocycles. The molecule has 0 saturated carbocycles. The van der Waals surface area contributed by atoms with Gasteiger partial charge in [-0.3, -0.25) is 9.78 Å². The average molecular weight is 528 g/mol. The summed E-state index contributed by atoms with van der Waals surface area (Å²) >= 11 is 0. The van der Waals surface area contributed by atoms with Gasteiger partial charge in [0.05, 0.1) is 5.69 Å². The van der Waals surface area contributed by atoms with E-state index in [4.69, 9.17) is 4.74 Å². The summed E-state index contributed by atoms with van der Waals surface area (Å²) in [6.45, 7) is 5.58. The molecule has 0 atom stereocenters. The lowest BCUT2D eigenvalue weighted by atomic mass is 10.0. The first-order chi connectivity index (χ1) is 18.7. The number of hydrogen-bond acceptors (Lipinski definition) is 4. The second-order valence-electron chi connectivity index (χ2n) is 9.13. The fourth-order valence-corrected chi connectivity index (χ4v) is 4.17. The van der Waals surface area contributed by atoms with Gasteiger partial charge in [-0.25, -0.2) is 8.78 Å². The predicted molar refractivity (Wildman–Crippen MR) is 152 cm³/mol. The Morgan fingerprint density at radius 3 is 2.51 bits per heavy atom. The van der Waals surface area contributed by atoms with Crippen LogP contribution < -0.4 is 10.1 Å². The number of pyridine rings is 1. The molecule has 39 heavy (non-hydrogen) atoms. The molecule has 0 fully saturated rings. The van der Waals surface area contributed by atoms with Gasteiger partial charge in [0.1, 0.15) is 23.1 Å². The van der Waals surface area contributed by atoms with Crippen molar-refractivity contribution >= 4 is 11.6 Å². The molecule has 0 unspecified atom stereocenters. The van der Waals surface area contributed by atoms with Crippen molar-refractivity contribution in [2.45, 2.75) is 13.5 Å². The second kappa shape index (κ2) is 12.2. The van der Waals surface area contributed by atoms with E-state index in [0.717, 1.165) is 28.6 Å². The molecule has 0 aliphatic heterocycles. The Kier molecular flexibility index (Phi) is 8.51. The van der Waals surface area contributed by atoms with Crippen molar-refractivity contribution in [3.8, 4) is 22.8 Å². The van der Waals surface area contributed by atoms with Gasteiger partial charge in [0.2, 0.25) is 0 Å². The highest BCUT2D eigenvalue weighted by Crippen LogP contribution is 2.30. The lowest BCUT2D eigenvalue weighted by molar-refractivity contribution is 0.0949. The molecule has 0 spiro atoms. The maximum absolute atomic E-state index is 13.5. The van der Waals surface area contributed by atoms with E-state index >= 15 is 0 Å². The highest BCUT2D eigenvalue weighted by Gasteiger charge is 2.14. The lowest BCUT2D eigenvalue weighted by Crippen LogP contribution is -2.23. The summed E-state index contributed by atoms with van der Waals surface area (Å²) < 4.78 is 33.1. The number of amides is 1. The number of halogens is 2. The van der Waals surface area contributed by atoms with E-state index in [9.17, 15) is 13.6 Å². The van der Waals surface area contributed by atoms with Crippen molar-refractivity contribution in [2.75, 3.05) is 14.1 Å². The molecule has 200 valence electrons. The van der Waals surface area contributed by atoms with Gasteiger partial charge in [-0.2, -0.15) is 0 Å². The molecule has 5 nitrogen and oxygen atoms in total. The van der Waals surface area contributed by atoms with Crippen LogP contribution in [0.4, 0.5) is 8.78 Å². The number of nitrogens with zero attached hydrogens (tertiary/aromatic N) is 2. The third kappa shape index (κ3) is 6.76. The normalized spacial score (nSPS) is 11.2. The van der Waals surface area contributed by atoms with Crippen LogP contribution in [0.3, 0.4) is 0 Å². The number of hydrogen-bond donors (Lipinski definition) is 1. The van der Waals surface area contributed by atoms with Crippen molar-refractivity contribution in [2.24, 2.45) is 0 Å². The van der Waals surface area contributed by atoms with Crippen LogP contribution in [0.25, 0.3) is 17.0 Å². The third-order valence-corrected chi connectivity index (χ3v) is 6.07. The van der Waals surface area contributed by atoms with Gasteiger partial charge in [-0.15, -0.1) is 0 Å². The van der Waals surface area contributed by atoms with Crippen LogP contribution in [0, 0.1) is 18.6 Å². The summed E-state index contributed by atoms with van der Waals surface area (Å²) in [5.74, 6) is -0.690. The summed E-state index contributed by atoms with van der Waals surface area (Å²) in [6, 6.07) is 20.0. The summed E-state index contributed by atoms with van der Waals surface area (Å²) in [5, 5.41) is 2.71. The SMILES string of the molecule is C=C/C=C(/c1cccc(-c2cc(Oc3cccc(C(=O)NCc4cc(F)cc(F)c4)c3C)ccn2)c1)N(C)C.[HH]. The Balaban J connectivity index is 0.00000441. The topological polar surface area (TPSA) is 54.5 Å². The van der Waals surface area contributed by atoms with Gasteiger partial charge >= 0.3 is 0 Å². The van der Waals surface area contributed by atoms with Crippen LogP contribution in [-0.2, 0) is 6.54 Å².